The van der Waals surface area contributed by atoms with Gasteiger partial charge in [-0.1, -0.05) is 12.1 Å². The summed E-state index contributed by atoms with van der Waals surface area (Å²) >= 11 is 0. The Kier molecular flexibility index (Phi) is 2.44. The Morgan fingerprint density at radius 2 is 1.95 bits per heavy atom. The second-order valence-electron chi connectivity index (χ2n) is 4.67. The van der Waals surface area contributed by atoms with E-state index >= 15 is 0 Å². The van der Waals surface area contributed by atoms with E-state index in [1.807, 2.05) is 25.1 Å². The number of carbonyl (C=O) groups excluding carboxylic acids is 1. The molecule has 0 saturated heterocycles. The van der Waals surface area contributed by atoms with Crippen molar-refractivity contribution in [3.8, 4) is 0 Å². The Hall–Kier alpha value is -1.88. The van der Waals surface area contributed by atoms with Gasteiger partial charge in [0.15, 0.2) is 9.84 Å². The van der Waals surface area contributed by atoms with Crippen LogP contribution in [0.25, 0.3) is 10.8 Å². The lowest BCUT2D eigenvalue weighted by Crippen LogP contribution is -2.26. The molecule has 0 radical (unpaired) electrons. The fraction of sp³-hybridized carbons (Fsp3) is 0.214. The Morgan fingerprint density at radius 3 is 2.58 bits per heavy atom. The third-order valence-corrected chi connectivity index (χ3v) is 4.53. The molecule has 3 rings (SSSR count). The van der Waals surface area contributed by atoms with Crippen LogP contribution in [0.2, 0.25) is 0 Å². The zero-order chi connectivity index (χ0) is 13.8. The van der Waals surface area contributed by atoms with E-state index in [-0.39, 0.29) is 10.8 Å². The second-order valence-corrected chi connectivity index (χ2v) is 6.68. The monoisotopic (exact) mass is 275 g/mol. The lowest BCUT2D eigenvalue weighted by atomic mass is 10.1. The molecule has 0 saturated carbocycles. The summed E-state index contributed by atoms with van der Waals surface area (Å²) in [6, 6.07) is 8.68. The van der Waals surface area contributed by atoms with Crippen molar-refractivity contribution < 1.29 is 13.2 Å². The number of carbonyl (C=O) groups is 1. The Bertz CT molecular complexity index is 809. The van der Waals surface area contributed by atoms with E-state index in [1.54, 1.807) is 11.0 Å². The maximum Gasteiger partial charge on any atom is 0.259 e. The van der Waals surface area contributed by atoms with Crippen LogP contribution in [0, 0.1) is 0 Å². The van der Waals surface area contributed by atoms with Gasteiger partial charge in [0.05, 0.1) is 16.1 Å². The standard InChI is InChI=1S/C14H13NO3S/c1-3-15-12-6-4-5-9-7-10(19(2,17)18)8-11(13(9)12)14(15)16/h4-8H,3H2,1-2H3. The van der Waals surface area contributed by atoms with Crippen molar-refractivity contribution in [2.24, 2.45) is 0 Å². The van der Waals surface area contributed by atoms with Crippen LogP contribution in [0.1, 0.15) is 17.3 Å². The smallest absolute Gasteiger partial charge is 0.259 e. The van der Waals surface area contributed by atoms with Gasteiger partial charge in [0.25, 0.3) is 5.91 Å². The average molecular weight is 275 g/mol. The molecule has 2 aromatic carbocycles. The van der Waals surface area contributed by atoms with Crippen molar-refractivity contribution in [2.45, 2.75) is 11.8 Å². The first-order valence-corrected chi connectivity index (χ1v) is 7.91. The maximum absolute atomic E-state index is 12.3. The van der Waals surface area contributed by atoms with Crippen LogP contribution in [-0.4, -0.2) is 27.1 Å². The van der Waals surface area contributed by atoms with Crippen molar-refractivity contribution in [1.29, 1.82) is 0 Å². The van der Waals surface area contributed by atoms with Crippen molar-refractivity contribution in [3.63, 3.8) is 0 Å². The van der Waals surface area contributed by atoms with E-state index in [2.05, 4.69) is 0 Å². The molecule has 19 heavy (non-hydrogen) atoms. The minimum absolute atomic E-state index is 0.126. The third-order valence-electron chi connectivity index (χ3n) is 3.44. The average Bonchev–Trinajstić information content (AvgIpc) is 2.63. The number of benzene rings is 2. The van der Waals surface area contributed by atoms with Crippen LogP contribution in [0.15, 0.2) is 35.2 Å². The van der Waals surface area contributed by atoms with Crippen LogP contribution >= 0.6 is 0 Å². The van der Waals surface area contributed by atoms with Crippen LogP contribution in [-0.2, 0) is 9.84 Å². The lowest BCUT2D eigenvalue weighted by molar-refractivity contribution is 0.0994. The fourth-order valence-electron chi connectivity index (χ4n) is 2.56. The molecule has 0 N–H and O–H groups in total. The van der Waals surface area contributed by atoms with Gasteiger partial charge in [-0.25, -0.2) is 8.42 Å². The van der Waals surface area contributed by atoms with Gasteiger partial charge in [-0.2, -0.15) is 0 Å². The number of rotatable bonds is 2. The lowest BCUT2D eigenvalue weighted by Gasteiger charge is -2.14. The number of amides is 1. The first kappa shape index (κ1) is 12.2. The Labute approximate surface area is 111 Å². The molecule has 0 atom stereocenters. The highest BCUT2D eigenvalue weighted by Crippen LogP contribution is 2.38. The summed E-state index contributed by atoms with van der Waals surface area (Å²) in [4.78, 5) is 14.2. The number of sulfone groups is 1. The number of hydrogen-bond donors (Lipinski definition) is 0. The molecular formula is C14H13NO3S. The SMILES string of the molecule is CCN1C(=O)c2cc(S(C)(=O)=O)cc3cccc1c23. The number of anilines is 1. The Morgan fingerprint density at radius 1 is 1.21 bits per heavy atom. The summed E-state index contributed by atoms with van der Waals surface area (Å²) < 4.78 is 23.4. The molecule has 1 aliphatic heterocycles. The molecule has 1 heterocycles. The molecule has 1 aliphatic rings. The molecule has 0 aromatic heterocycles. The molecule has 2 aromatic rings. The largest absolute Gasteiger partial charge is 0.308 e. The summed E-state index contributed by atoms with van der Waals surface area (Å²) in [5, 5.41) is 1.64. The molecule has 0 fully saturated rings. The van der Waals surface area contributed by atoms with Crippen LogP contribution in [0.5, 0.6) is 0 Å². The van der Waals surface area contributed by atoms with E-state index in [1.165, 1.54) is 6.07 Å². The summed E-state index contributed by atoms with van der Waals surface area (Å²) in [6.45, 7) is 2.47. The molecule has 5 heteroatoms. The molecule has 0 aliphatic carbocycles. The Balaban J connectivity index is 2.43. The summed E-state index contributed by atoms with van der Waals surface area (Å²) in [5.74, 6) is -0.126. The molecule has 0 spiro atoms. The highest BCUT2D eigenvalue weighted by molar-refractivity contribution is 7.90. The molecule has 4 nitrogen and oxygen atoms in total. The minimum Gasteiger partial charge on any atom is -0.308 e. The highest BCUT2D eigenvalue weighted by atomic mass is 32.2. The third kappa shape index (κ3) is 1.65. The zero-order valence-electron chi connectivity index (χ0n) is 10.7. The maximum atomic E-state index is 12.3. The first-order valence-electron chi connectivity index (χ1n) is 6.02. The summed E-state index contributed by atoms with van der Waals surface area (Å²) in [5.41, 5.74) is 1.34. The second kappa shape index (κ2) is 3.81. The van der Waals surface area contributed by atoms with Gasteiger partial charge in [0, 0.05) is 18.2 Å². The minimum atomic E-state index is -3.32. The molecule has 0 unspecified atom stereocenters. The van der Waals surface area contributed by atoms with Gasteiger partial charge in [0.1, 0.15) is 0 Å². The van der Waals surface area contributed by atoms with Crippen LogP contribution in [0.3, 0.4) is 0 Å². The quantitative estimate of drug-likeness (QED) is 0.844. The molecular weight excluding hydrogens is 262 g/mol. The van der Waals surface area contributed by atoms with Gasteiger partial charge in [-0.05, 0) is 30.5 Å². The van der Waals surface area contributed by atoms with E-state index in [4.69, 9.17) is 0 Å². The van der Waals surface area contributed by atoms with Gasteiger partial charge in [-0.15, -0.1) is 0 Å². The zero-order valence-corrected chi connectivity index (χ0v) is 11.5. The topological polar surface area (TPSA) is 54.5 Å². The fourth-order valence-corrected chi connectivity index (χ4v) is 3.23. The van der Waals surface area contributed by atoms with Gasteiger partial charge in [0.2, 0.25) is 0 Å². The highest BCUT2D eigenvalue weighted by Gasteiger charge is 2.29. The van der Waals surface area contributed by atoms with Crippen LogP contribution in [0.4, 0.5) is 5.69 Å². The van der Waals surface area contributed by atoms with Crippen molar-refractivity contribution in [3.05, 3.63) is 35.9 Å². The normalized spacial score (nSPS) is 14.4. The number of hydrogen-bond acceptors (Lipinski definition) is 3. The summed E-state index contributed by atoms with van der Waals surface area (Å²) in [6.07, 6.45) is 1.15. The molecule has 0 bridgehead atoms. The van der Waals surface area contributed by atoms with Crippen molar-refractivity contribution in [1.82, 2.24) is 0 Å². The summed E-state index contributed by atoms with van der Waals surface area (Å²) in [7, 11) is -3.32. The van der Waals surface area contributed by atoms with E-state index in [0.717, 1.165) is 22.7 Å². The molecule has 1 amide bonds. The molecule has 98 valence electrons. The predicted octanol–water partition coefficient (Wildman–Crippen LogP) is 2.22. The van der Waals surface area contributed by atoms with E-state index < -0.39 is 9.84 Å². The van der Waals surface area contributed by atoms with Gasteiger partial charge >= 0.3 is 0 Å². The predicted molar refractivity (Wildman–Crippen MR) is 74.4 cm³/mol. The van der Waals surface area contributed by atoms with Crippen LogP contribution < -0.4 is 4.90 Å². The van der Waals surface area contributed by atoms with Crippen molar-refractivity contribution in [2.75, 3.05) is 17.7 Å². The van der Waals surface area contributed by atoms with Gasteiger partial charge in [-0.3, -0.25) is 4.79 Å². The van der Waals surface area contributed by atoms with E-state index in [0.29, 0.717) is 12.1 Å². The first-order chi connectivity index (χ1) is 8.93. The van der Waals surface area contributed by atoms with Crippen molar-refractivity contribution >= 4 is 32.2 Å². The number of nitrogens with zero attached hydrogens (tertiary/aromatic N) is 1. The van der Waals surface area contributed by atoms with E-state index in [9.17, 15) is 13.2 Å². The van der Waals surface area contributed by atoms with Gasteiger partial charge < -0.3 is 4.90 Å².